The number of aromatic nitrogens is 3. The lowest BCUT2D eigenvalue weighted by molar-refractivity contribution is -0.386. The van der Waals surface area contributed by atoms with E-state index < -0.39 is 4.92 Å². The number of aryl methyl sites for hydroxylation is 1. The van der Waals surface area contributed by atoms with E-state index in [1.165, 1.54) is 4.68 Å². The Balaban J connectivity index is 1.66. The molecule has 1 unspecified atom stereocenters. The van der Waals surface area contributed by atoms with Crippen LogP contribution in [0.1, 0.15) is 29.9 Å². The third-order valence-electron chi connectivity index (χ3n) is 4.49. The van der Waals surface area contributed by atoms with Gasteiger partial charge in [-0.05, 0) is 50.6 Å². The fraction of sp³-hybridized carbons (Fsp3) is 0.263. The third kappa shape index (κ3) is 3.89. The Bertz CT molecular complexity index is 958. The maximum atomic E-state index is 12.3. The molecule has 0 aliphatic rings. The normalized spacial score (nSPS) is 12.0. The van der Waals surface area contributed by atoms with E-state index in [0.29, 0.717) is 11.4 Å². The number of amides is 1. The van der Waals surface area contributed by atoms with Crippen molar-refractivity contribution in [1.82, 2.24) is 19.7 Å². The molecule has 2 aromatic heterocycles. The third-order valence-corrected chi connectivity index (χ3v) is 4.49. The number of hydrogen-bond donors (Lipinski definition) is 1. The highest BCUT2D eigenvalue weighted by Crippen LogP contribution is 2.22. The lowest BCUT2D eigenvalue weighted by atomic mass is 10.1. The number of rotatable bonds is 6. The summed E-state index contributed by atoms with van der Waals surface area (Å²) in [6.07, 6.45) is 3.93. The standard InChI is InChI=1S/C19H21N5O3/c1-13(16-6-8-17(9-7-16)22-10-4-5-11-22)20-18(25)12-23-15(3)19(24(26)27)14(2)21-23/h4-11,13H,12H2,1-3H3,(H,20,25). The molecule has 0 aliphatic carbocycles. The number of carbonyl (C=O) groups excluding carboxylic acids is 1. The number of nitrogens with zero attached hydrogens (tertiary/aromatic N) is 4. The quantitative estimate of drug-likeness (QED) is 0.535. The van der Waals surface area contributed by atoms with Crippen LogP contribution in [-0.4, -0.2) is 25.2 Å². The molecule has 0 saturated carbocycles. The highest BCUT2D eigenvalue weighted by Gasteiger charge is 2.23. The molecule has 0 spiro atoms. The van der Waals surface area contributed by atoms with Crippen LogP contribution < -0.4 is 5.32 Å². The van der Waals surface area contributed by atoms with Crippen LogP contribution in [-0.2, 0) is 11.3 Å². The molecule has 140 valence electrons. The molecule has 2 heterocycles. The van der Waals surface area contributed by atoms with Gasteiger partial charge in [0.2, 0.25) is 5.91 Å². The van der Waals surface area contributed by atoms with Crippen molar-refractivity contribution in [2.75, 3.05) is 0 Å². The van der Waals surface area contributed by atoms with E-state index >= 15 is 0 Å². The molecule has 1 amide bonds. The van der Waals surface area contributed by atoms with E-state index in [9.17, 15) is 14.9 Å². The number of hydrogen-bond acceptors (Lipinski definition) is 4. The predicted octanol–water partition coefficient (Wildman–Crippen LogP) is 3.08. The summed E-state index contributed by atoms with van der Waals surface area (Å²) < 4.78 is 3.37. The first-order chi connectivity index (χ1) is 12.9. The molecule has 0 bridgehead atoms. The molecule has 1 atom stereocenters. The van der Waals surface area contributed by atoms with E-state index in [1.807, 2.05) is 60.3 Å². The van der Waals surface area contributed by atoms with Crippen molar-refractivity contribution in [3.63, 3.8) is 0 Å². The van der Waals surface area contributed by atoms with Gasteiger partial charge in [0.05, 0.1) is 11.0 Å². The molecule has 0 radical (unpaired) electrons. The zero-order valence-corrected chi connectivity index (χ0v) is 15.4. The molecule has 8 nitrogen and oxygen atoms in total. The second kappa shape index (κ2) is 7.45. The van der Waals surface area contributed by atoms with Gasteiger partial charge in [-0.2, -0.15) is 5.10 Å². The van der Waals surface area contributed by atoms with Crippen LogP contribution >= 0.6 is 0 Å². The van der Waals surface area contributed by atoms with E-state index in [2.05, 4.69) is 10.4 Å². The van der Waals surface area contributed by atoms with Gasteiger partial charge in [0.25, 0.3) is 0 Å². The van der Waals surface area contributed by atoms with Gasteiger partial charge in [-0.25, -0.2) is 0 Å². The molecule has 0 saturated heterocycles. The monoisotopic (exact) mass is 367 g/mol. The van der Waals surface area contributed by atoms with E-state index in [-0.39, 0.29) is 24.2 Å². The van der Waals surface area contributed by atoms with Gasteiger partial charge in [-0.1, -0.05) is 12.1 Å². The smallest absolute Gasteiger partial charge is 0.312 e. The van der Waals surface area contributed by atoms with Crippen molar-refractivity contribution in [2.45, 2.75) is 33.4 Å². The van der Waals surface area contributed by atoms with Gasteiger partial charge in [-0.3, -0.25) is 19.6 Å². The molecule has 3 rings (SSSR count). The Kier molecular flexibility index (Phi) is 5.07. The first-order valence-corrected chi connectivity index (χ1v) is 8.58. The zero-order valence-electron chi connectivity index (χ0n) is 15.4. The van der Waals surface area contributed by atoms with E-state index in [0.717, 1.165) is 11.3 Å². The first kappa shape index (κ1) is 18.4. The van der Waals surface area contributed by atoms with E-state index in [4.69, 9.17) is 0 Å². The summed E-state index contributed by atoms with van der Waals surface area (Å²) in [7, 11) is 0. The summed E-state index contributed by atoms with van der Waals surface area (Å²) >= 11 is 0. The lowest BCUT2D eigenvalue weighted by Crippen LogP contribution is -2.30. The van der Waals surface area contributed by atoms with E-state index in [1.54, 1.807) is 13.8 Å². The average Bonchev–Trinajstić information content (AvgIpc) is 3.23. The second-order valence-corrected chi connectivity index (χ2v) is 6.41. The van der Waals surface area contributed by atoms with Crippen LogP contribution in [0, 0.1) is 24.0 Å². The molecule has 27 heavy (non-hydrogen) atoms. The predicted molar refractivity (Wildman–Crippen MR) is 101 cm³/mol. The van der Waals surface area contributed by atoms with Crippen LogP contribution in [0.4, 0.5) is 5.69 Å². The number of benzene rings is 1. The minimum atomic E-state index is -0.471. The first-order valence-electron chi connectivity index (χ1n) is 8.58. The van der Waals surface area contributed by atoms with Gasteiger partial charge in [-0.15, -0.1) is 0 Å². The van der Waals surface area contributed by atoms with Crippen LogP contribution in [0.5, 0.6) is 0 Å². The van der Waals surface area contributed by atoms with Gasteiger partial charge in [0.1, 0.15) is 17.9 Å². The van der Waals surface area contributed by atoms with Crippen molar-refractivity contribution in [3.05, 3.63) is 75.9 Å². The number of nitrogens with one attached hydrogen (secondary N) is 1. The molecule has 0 fully saturated rings. The second-order valence-electron chi connectivity index (χ2n) is 6.41. The fourth-order valence-corrected chi connectivity index (χ4v) is 3.05. The maximum Gasteiger partial charge on any atom is 0.312 e. The summed E-state index contributed by atoms with van der Waals surface area (Å²) in [5, 5.41) is 18.1. The molecule has 1 aromatic carbocycles. The summed E-state index contributed by atoms with van der Waals surface area (Å²) in [5.74, 6) is -0.252. The zero-order chi connectivity index (χ0) is 19.6. The van der Waals surface area contributed by atoms with Crippen molar-refractivity contribution < 1.29 is 9.72 Å². The topological polar surface area (TPSA) is 95.0 Å². The summed E-state index contributed by atoms with van der Waals surface area (Å²) in [6.45, 7) is 4.99. The Labute approximate surface area is 156 Å². The molecular formula is C19H21N5O3. The van der Waals surface area contributed by atoms with Gasteiger partial charge in [0.15, 0.2) is 0 Å². The Morgan fingerprint density at radius 2 is 1.85 bits per heavy atom. The largest absolute Gasteiger partial charge is 0.348 e. The van der Waals surface area contributed by atoms with Crippen molar-refractivity contribution >= 4 is 11.6 Å². The minimum Gasteiger partial charge on any atom is -0.348 e. The van der Waals surface area contributed by atoms with Crippen LogP contribution in [0.3, 0.4) is 0 Å². The molecular weight excluding hydrogens is 346 g/mol. The minimum absolute atomic E-state index is 0.0450. The Morgan fingerprint density at radius 3 is 2.41 bits per heavy atom. The maximum absolute atomic E-state index is 12.3. The SMILES string of the molecule is Cc1nn(CC(=O)NC(C)c2ccc(-n3cccc3)cc2)c(C)c1[N+](=O)[O-]. The van der Waals surface area contributed by atoms with Gasteiger partial charge < -0.3 is 9.88 Å². The summed E-state index contributed by atoms with van der Waals surface area (Å²) in [6, 6.07) is 11.6. The Hall–Kier alpha value is -3.42. The summed E-state index contributed by atoms with van der Waals surface area (Å²) in [4.78, 5) is 22.9. The lowest BCUT2D eigenvalue weighted by Gasteiger charge is -2.15. The van der Waals surface area contributed by atoms with Gasteiger partial charge >= 0.3 is 5.69 Å². The van der Waals surface area contributed by atoms with Crippen molar-refractivity contribution in [2.24, 2.45) is 0 Å². The van der Waals surface area contributed by atoms with Crippen molar-refractivity contribution in [3.8, 4) is 5.69 Å². The van der Waals surface area contributed by atoms with Crippen molar-refractivity contribution in [1.29, 1.82) is 0 Å². The molecule has 3 aromatic rings. The highest BCUT2D eigenvalue weighted by atomic mass is 16.6. The molecule has 1 N–H and O–H groups in total. The highest BCUT2D eigenvalue weighted by molar-refractivity contribution is 5.76. The van der Waals surface area contributed by atoms with Crippen LogP contribution in [0.2, 0.25) is 0 Å². The van der Waals surface area contributed by atoms with Crippen LogP contribution in [0.25, 0.3) is 5.69 Å². The molecule has 8 heteroatoms. The fourth-order valence-electron chi connectivity index (χ4n) is 3.05. The number of carbonyl (C=O) groups is 1. The van der Waals surface area contributed by atoms with Gasteiger partial charge in [0, 0.05) is 18.1 Å². The number of nitro groups is 1. The van der Waals surface area contributed by atoms with Crippen LogP contribution in [0.15, 0.2) is 48.8 Å². The summed E-state index contributed by atoms with van der Waals surface area (Å²) in [5.41, 5.74) is 2.64. The average molecular weight is 367 g/mol. The Morgan fingerprint density at radius 1 is 1.22 bits per heavy atom. The molecule has 0 aliphatic heterocycles.